The van der Waals surface area contributed by atoms with Crippen LogP contribution in [0.15, 0.2) is 47.4 Å². The van der Waals surface area contributed by atoms with Crippen LogP contribution in [-0.4, -0.2) is 16.0 Å². The van der Waals surface area contributed by atoms with Gasteiger partial charge in [-0.25, -0.2) is 10.8 Å². The molecule has 98 valence electrons. The Morgan fingerprint density at radius 1 is 1.26 bits per heavy atom. The fourth-order valence-corrected chi connectivity index (χ4v) is 2.26. The molecule has 0 aliphatic rings. The Bertz CT molecular complexity index is 572. The predicted molar refractivity (Wildman–Crippen MR) is 73.6 cm³/mol. The maximum absolute atomic E-state index is 11.3. The zero-order valence-electron chi connectivity index (χ0n) is 10.0. The van der Waals surface area contributed by atoms with Crippen LogP contribution in [0.25, 0.3) is 0 Å². The smallest absolute Gasteiger partial charge is 0.283 e. The van der Waals surface area contributed by atoms with Crippen molar-refractivity contribution in [3.8, 4) is 5.75 Å². The molecule has 19 heavy (non-hydrogen) atoms. The van der Waals surface area contributed by atoms with Gasteiger partial charge in [0.2, 0.25) is 0 Å². The Balaban J connectivity index is 2.03. The molecule has 0 fully saturated rings. The molecule has 0 spiro atoms. The van der Waals surface area contributed by atoms with E-state index >= 15 is 0 Å². The molecule has 0 saturated carbocycles. The van der Waals surface area contributed by atoms with Crippen LogP contribution in [0.2, 0.25) is 0 Å². The van der Waals surface area contributed by atoms with E-state index in [1.165, 1.54) is 0 Å². The van der Waals surface area contributed by atoms with E-state index in [9.17, 15) is 9.90 Å². The summed E-state index contributed by atoms with van der Waals surface area (Å²) in [5.41, 5.74) is 3.14. The maximum atomic E-state index is 11.3. The fourth-order valence-electron chi connectivity index (χ4n) is 1.46. The molecule has 0 atom stereocenters. The number of nitrogens with zero attached hydrogens (tertiary/aromatic N) is 1. The van der Waals surface area contributed by atoms with Gasteiger partial charge in [-0.1, -0.05) is 6.07 Å². The van der Waals surface area contributed by atoms with Crippen LogP contribution in [-0.2, 0) is 5.75 Å². The van der Waals surface area contributed by atoms with Crippen LogP contribution in [0.4, 0.5) is 0 Å². The normalized spacial score (nSPS) is 10.2. The molecule has 6 heteroatoms. The third-order valence-corrected chi connectivity index (χ3v) is 3.44. The Kier molecular flexibility index (Phi) is 4.38. The van der Waals surface area contributed by atoms with Crippen LogP contribution in [0.1, 0.15) is 16.2 Å². The van der Waals surface area contributed by atoms with Gasteiger partial charge in [0, 0.05) is 10.6 Å². The average Bonchev–Trinajstić information content (AvgIpc) is 2.46. The van der Waals surface area contributed by atoms with Gasteiger partial charge in [-0.2, -0.15) is 0 Å². The van der Waals surface area contributed by atoms with Crippen LogP contribution in [0.5, 0.6) is 5.75 Å². The summed E-state index contributed by atoms with van der Waals surface area (Å²) in [5.74, 6) is 5.53. The van der Waals surface area contributed by atoms with Gasteiger partial charge in [0.15, 0.2) is 0 Å². The first-order valence-corrected chi connectivity index (χ1v) is 6.56. The molecule has 0 bridgehead atoms. The molecule has 2 aromatic rings. The number of rotatable bonds is 4. The van der Waals surface area contributed by atoms with Crippen molar-refractivity contribution in [3.05, 3.63) is 53.9 Å². The van der Waals surface area contributed by atoms with Crippen molar-refractivity contribution in [1.29, 1.82) is 0 Å². The summed E-state index contributed by atoms with van der Waals surface area (Å²) in [5, 5.41) is 9.19. The highest BCUT2D eigenvalue weighted by atomic mass is 32.2. The molecule has 0 aliphatic heterocycles. The molecule has 2 rings (SSSR count). The third kappa shape index (κ3) is 3.70. The van der Waals surface area contributed by atoms with E-state index in [-0.39, 0.29) is 5.75 Å². The number of nitrogens with one attached hydrogen (secondary N) is 1. The minimum Gasteiger partial charge on any atom is -0.508 e. The first-order valence-electron chi connectivity index (χ1n) is 5.58. The maximum Gasteiger partial charge on any atom is 0.283 e. The molecule has 0 saturated heterocycles. The summed E-state index contributed by atoms with van der Waals surface area (Å²) in [6.45, 7) is 0. The van der Waals surface area contributed by atoms with E-state index in [4.69, 9.17) is 5.84 Å². The summed E-state index contributed by atoms with van der Waals surface area (Å²) in [4.78, 5) is 16.6. The van der Waals surface area contributed by atoms with Gasteiger partial charge in [0.05, 0.1) is 5.69 Å². The quantitative estimate of drug-likeness (QED) is 0.342. The van der Waals surface area contributed by atoms with E-state index in [0.29, 0.717) is 11.4 Å². The molecule has 1 aromatic carbocycles. The number of aromatic hydroxyl groups is 1. The van der Waals surface area contributed by atoms with Gasteiger partial charge < -0.3 is 5.11 Å². The van der Waals surface area contributed by atoms with Crippen molar-refractivity contribution in [3.63, 3.8) is 0 Å². The number of thioether (sulfide) groups is 1. The molecule has 0 unspecified atom stereocenters. The summed E-state index contributed by atoms with van der Waals surface area (Å²) >= 11 is 1.57. The van der Waals surface area contributed by atoms with E-state index in [1.807, 2.05) is 18.2 Å². The second-order valence-corrected chi connectivity index (χ2v) is 4.82. The molecular formula is C13H13N3O2S. The number of benzene rings is 1. The number of hydrogen-bond acceptors (Lipinski definition) is 5. The van der Waals surface area contributed by atoms with Crippen molar-refractivity contribution in [1.82, 2.24) is 10.4 Å². The Morgan fingerprint density at radius 2 is 2.00 bits per heavy atom. The highest BCUT2D eigenvalue weighted by Crippen LogP contribution is 2.23. The van der Waals surface area contributed by atoms with E-state index < -0.39 is 5.91 Å². The number of phenols is 1. The zero-order valence-corrected chi connectivity index (χ0v) is 10.9. The molecule has 1 amide bonds. The number of pyridine rings is 1. The lowest BCUT2D eigenvalue weighted by molar-refractivity contribution is 0.0948. The number of carbonyl (C=O) groups is 1. The Morgan fingerprint density at radius 3 is 2.68 bits per heavy atom. The van der Waals surface area contributed by atoms with Gasteiger partial charge in [0.25, 0.3) is 5.91 Å². The number of amides is 1. The lowest BCUT2D eigenvalue weighted by Crippen LogP contribution is -2.30. The molecule has 0 aliphatic carbocycles. The zero-order chi connectivity index (χ0) is 13.7. The number of hydrogen-bond donors (Lipinski definition) is 3. The minimum atomic E-state index is -0.406. The topological polar surface area (TPSA) is 88.2 Å². The summed E-state index contributed by atoms with van der Waals surface area (Å²) in [6.07, 6.45) is 0. The molecule has 4 N–H and O–H groups in total. The van der Waals surface area contributed by atoms with E-state index in [0.717, 1.165) is 10.6 Å². The number of carbonyl (C=O) groups excluding carboxylic acids is 1. The van der Waals surface area contributed by atoms with Crippen LogP contribution >= 0.6 is 11.8 Å². The molecule has 0 radical (unpaired) electrons. The molecular weight excluding hydrogens is 262 g/mol. The number of phenolic OH excluding ortho intramolecular Hbond substituents is 1. The van der Waals surface area contributed by atoms with Gasteiger partial charge in [-0.15, -0.1) is 11.8 Å². The number of nitrogen functional groups attached to an aromatic ring is 1. The first kappa shape index (κ1) is 13.4. The van der Waals surface area contributed by atoms with Crippen LogP contribution in [0, 0.1) is 0 Å². The highest BCUT2D eigenvalue weighted by molar-refractivity contribution is 7.98. The highest BCUT2D eigenvalue weighted by Gasteiger charge is 2.06. The minimum absolute atomic E-state index is 0.240. The predicted octanol–water partition coefficient (Wildman–Crippen LogP) is 1.68. The fraction of sp³-hybridized carbons (Fsp3) is 0.0769. The van der Waals surface area contributed by atoms with Crippen molar-refractivity contribution >= 4 is 17.7 Å². The van der Waals surface area contributed by atoms with E-state index in [1.54, 1.807) is 36.0 Å². The summed E-state index contributed by atoms with van der Waals surface area (Å²) < 4.78 is 0. The lowest BCUT2D eigenvalue weighted by atomic mass is 10.3. The standard InChI is InChI=1S/C13H13N3O2S/c14-16-13(18)12-3-1-2-9(15-12)8-19-11-6-4-10(17)5-7-11/h1-7,17H,8,14H2,(H,16,18). The number of hydrazine groups is 1. The Labute approximate surface area is 114 Å². The summed E-state index contributed by atoms with van der Waals surface area (Å²) in [7, 11) is 0. The SMILES string of the molecule is NNC(=O)c1cccc(CSc2ccc(O)cc2)n1. The van der Waals surface area contributed by atoms with Gasteiger partial charge in [-0.05, 0) is 36.4 Å². The van der Waals surface area contributed by atoms with Gasteiger partial charge in [-0.3, -0.25) is 10.2 Å². The van der Waals surface area contributed by atoms with Crippen molar-refractivity contribution in [2.24, 2.45) is 5.84 Å². The number of nitrogens with two attached hydrogens (primary N) is 1. The van der Waals surface area contributed by atoms with Gasteiger partial charge >= 0.3 is 0 Å². The Hall–Kier alpha value is -2.05. The van der Waals surface area contributed by atoms with Crippen molar-refractivity contribution in [2.75, 3.05) is 0 Å². The third-order valence-electron chi connectivity index (χ3n) is 2.39. The number of aromatic nitrogens is 1. The lowest BCUT2D eigenvalue weighted by Gasteiger charge is -2.04. The van der Waals surface area contributed by atoms with E-state index in [2.05, 4.69) is 10.4 Å². The van der Waals surface area contributed by atoms with Crippen LogP contribution < -0.4 is 11.3 Å². The van der Waals surface area contributed by atoms with Crippen LogP contribution in [0.3, 0.4) is 0 Å². The molecule has 1 aromatic heterocycles. The second-order valence-electron chi connectivity index (χ2n) is 3.77. The molecule has 1 heterocycles. The van der Waals surface area contributed by atoms with Gasteiger partial charge in [0.1, 0.15) is 11.4 Å². The second kappa shape index (κ2) is 6.21. The monoisotopic (exact) mass is 275 g/mol. The largest absolute Gasteiger partial charge is 0.508 e. The molecule has 5 nitrogen and oxygen atoms in total. The van der Waals surface area contributed by atoms with Crippen molar-refractivity contribution in [2.45, 2.75) is 10.6 Å². The summed E-state index contributed by atoms with van der Waals surface area (Å²) in [6, 6.07) is 12.1. The first-order chi connectivity index (χ1) is 9.19. The van der Waals surface area contributed by atoms with Crippen molar-refractivity contribution < 1.29 is 9.90 Å². The average molecular weight is 275 g/mol.